The molecule has 5 heterocycles. The van der Waals surface area contributed by atoms with Crippen molar-refractivity contribution >= 4 is 148 Å². The van der Waals surface area contributed by atoms with E-state index < -0.39 is 23.5 Å². The van der Waals surface area contributed by atoms with Crippen LogP contribution in [0.25, 0.3) is 175 Å². The zero-order chi connectivity index (χ0) is 111. The molecule has 0 atom stereocenters. The fourth-order valence-electron chi connectivity index (χ4n) is 19.4. The molecule has 0 spiro atoms. The summed E-state index contributed by atoms with van der Waals surface area (Å²) in [5.41, 5.74) is 22.8. The lowest BCUT2D eigenvalue weighted by Gasteiger charge is -2.27. The van der Waals surface area contributed by atoms with E-state index in [1.165, 1.54) is 119 Å². The Kier molecular flexibility index (Phi) is 19.3. The quantitative estimate of drug-likeness (QED) is 0.150. The van der Waals surface area contributed by atoms with Crippen molar-refractivity contribution in [1.29, 1.82) is 0 Å². The van der Waals surface area contributed by atoms with Gasteiger partial charge in [0.15, 0.2) is 0 Å². The Labute approximate surface area is 844 Å². The van der Waals surface area contributed by atoms with Gasteiger partial charge >= 0.3 is 0 Å². The number of fused-ring (bicyclic) bond motifs is 15. The van der Waals surface area contributed by atoms with Gasteiger partial charge in [0.05, 0.1) is 41.4 Å². The van der Waals surface area contributed by atoms with Crippen molar-refractivity contribution in [3.63, 3.8) is 0 Å². The molecule has 5 heteroatoms. The van der Waals surface area contributed by atoms with E-state index in [1.807, 2.05) is 105 Å². The van der Waals surface area contributed by atoms with Crippen molar-refractivity contribution in [2.45, 2.75) is 223 Å². The van der Waals surface area contributed by atoms with Crippen molar-refractivity contribution in [2.24, 2.45) is 0 Å². The Morgan fingerprint density at radius 3 is 0.948 bits per heavy atom. The van der Waals surface area contributed by atoms with E-state index in [0.29, 0.717) is 38.9 Å². The highest BCUT2D eigenvalue weighted by Gasteiger charge is 2.33. The molecule has 0 radical (unpaired) electrons. The second kappa shape index (κ2) is 35.4. The van der Waals surface area contributed by atoms with Gasteiger partial charge in [0.25, 0.3) is 0 Å². The lowest BCUT2D eigenvalue weighted by molar-refractivity contribution is 0.569. The second-order valence-electron chi connectivity index (χ2n) is 44.3. The predicted octanol–water partition coefficient (Wildman–Crippen LogP) is 40.3. The summed E-state index contributed by atoms with van der Waals surface area (Å²) in [6, 6.07) is 72.0. The fraction of sp³-hybridized carbons (Fsp3) is 0.262. The summed E-state index contributed by atoms with van der Waals surface area (Å²) in [7, 11) is 0. The Morgan fingerprint density at radius 1 is 0.222 bits per heavy atom. The van der Waals surface area contributed by atoms with Crippen LogP contribution < -0.4 is 0 Å². The summed E-state index contributed by atoms with van der Waals surface area (Å²) in [5.74, 6) is 0. The molecule has 21 aromatic rings. The molecule has 0 saturated carbocycles. The molecule has 5 aromatic heterocycles. The van der Waals surface area contributed by atoms with Crippen LogP contribution in [0.3, 0.4) is 0 Å². The van der Waals surface area contributed by atoms with Crippen LogP contribution in [0.4, 0.5) is 0 Å². The van der Waals surface area contributed by atoms with Crippen molar-refractivity contribution in [3.05, 3.63) is 377 Å². The Hall–Kier alpha value is -11.8. The van der Waals surface area contributed by atoms with E-state index in [-0.39, 0.29) is 140 Å². The molecular weight excluding hydrogens is 1700 g/mol. The van der Waals surface area contributed by atoms with Gasteiger partial charge in [-0.3, -0.25) is 0 Å². The summed E-state index contributed by atoms with van der Waals surface area (Å²) in [4.78, 5) is 0. The highest BCUT2D eigenvalue weighted by atomic mass is 32.1. The second-order valence-corrected chi connectivity index (χ2v) is 48.7. The summed E-state index contributed by atoms with van der Waals surface area (Å²) in [6.07, 6.45) is 0. The fourth-order valence-corrected chi connectivity index (χ4v) is 24.0. The first-order valence-electron chi connectivity index (χ1n) is 55.9. The summed E-state index contributed by atoms with van der Waals surface area (Å²) in [6.45, 7) is 57.7. The van der Waals surface area contributed by atoms with Gasteiger partial charge < -0.3 is 4.57 Å². The van der Waals surface area contributed by atoms with Crippen LogP contribution >= 0.6 is 45.3 Å². The third-order valence-corrected chi connectivity index (χ3v) is 30.4. The molecule has 0 aliphatic heterocycles. The van der Waals surface area contributed by atoms with Gasteiger partial charge in [-0.1, -0.05) is 420 Å². The van der Waals surface area contributed by atoms with Crippen LogP contribution in [0.1, 0.15) is 246 Å². The Balaban J connectivity index is 0.000000136. The maximum absolute atomic E-state index is 8.82. The Bertz CT molecular complexity index is 9070. The van der Waals surface area contributed by atoms with Crippen LogP contribution in [0.5, 0.6) is 0 Å². The highest BCUT2D eigenvalue weighted by molar-refractivity contribution is 7.27. The van der Waals surface area contributed by atoms with Crippen LogP contribution in [0.2, 0.25) is 0 Å². The minimum absolute atomic E-state index is 0.0310. The van der Waals surface area contributed by atoms with Crippen LogP contribution in [0, 0.1) is 13.8 Å². The standard InChI is InChI=1S/C50H59NS.C29H26S.C28H24S.C23H22S/c1-46(2,3)31-19-21-38-36(28-31)37-29-32(47(4,5)6)20-22-39(37)51(38)40-23-24-42-44(45(40)50(13,14)15)43-35(17-16-18-41(43)52-42)30-25-33(48(7,8)9)27-34(26-30)49(10,11)12;1-19-10-8-13-21(18-19)23-16-17-25-27(28(23)29(2,3)4)26-22(14-9-15-24(26)30-25)20-11-6-5-7-12-20;1-28(2,3)27-22(20-13-8-5-9-14-20)17-18-24-26(27)25-21(15-10-16-23(25)29-24)19-11-6-4-7-12-19;1-15-8-5-9-16(14-15)17-10-6-12-19-21(17)22-18(23(2,3)4)11-7-13-20(22)24-19/h16-29H,1-15H3;5-18H,1-4H3;4-18H,1-3H3;5-14H,1-4H3/i;5D,6D,7D,8D,10D,11D,12D,13D,18D;4D,6D,7D,11D,12D;5D,8D,9D,14D. The summed E-state index contributed by atoms with van der Waals surface area (Å²) < 4.78 is 162. The first-order valence-corrected chi connectivity index (χ1v) is 50.1. The van der Waals surface area contributed by atoms with Crippen molar-refractivity contribution in [3.8, 4) is 72.4 Å². The normalized spacial score (nSPS) is 14.5. The van der Waals surface area contributed by atoms with Gasteiger partial charge in [-0.05, 0) is 247 Å². The van der Waals surface area contributed by atoms with E-state index in [2.05, 4.69) is 283 Å². The number of aromatic nitrogens is 1. The molecule has 680 valence electrons. The molecule has 1 nitrogen and oxygen atoms in total. The van der Waals surface area contributed by atoms with Gasteiger partial charge in [-0.25, -0.2) is 0 Å². The van der Waals surface area contributed by atoms with E-state index in [1.54, 1.807) is 42.6 Å². The molecule has 0 amide bonds. The van der Waals surface area contributed by atoms with Gasteiger partial charge in [-0.15, -0.1) is 45.3 Å². The van der Waals surface area contributed by atoms with Crippen molar-refractivity contribution in [1.82, 2.24) is 4.57 Å². The third kappa shape index (κ3) is 18.2. The number of benzene rings is 16. The minimum atomic E-state index is -0.496. The maximum Gasteiger partial charge on any atom is 0.0632 e. The average Bonchev–Trinajstić information content (AvgIpc) is 1.56. The Morgan fingerprint density at radius 2 is 0.556 bits per heavy atom. The molecule has 135 heavy (non-hydrogen) atoms. The highest BCUT2D eigenvalue weighted by Crippen LogP contribution is 2.54. The molecule has 0 bridgehead atoms. The van der Waals surface area contributed by atoms with Gasteiger partial charge in [0, 0.05) is 91.5 Å². The van der Waals surface area contributed by atoms with E-state index >= 15 is 0 Å². The van der Waals surface area contributed by atoms with Crippen molar-refractivity contribution in [2.75, 3.05) is 0 Å². The zero-order valence-corrected chi connectivity index (χ0v) is 86.1. The maximum atomic E-state index is 8.82. The van der Waals surface area contributed by atoms with Crippen LogP contribution in [-0.4, -0.2) is 4.57 Å². The summed E-state index contributed by atoms with van der Waals surface area (Å²) >= 11 is 6.86. The topological polar surface area (TPSA) is 4.93 Å². The molecule has 0 unspecified atom stereocenters. The van der Waals surface area contributed by atoms with E-state index in [9.17, 15) is 0 Å². The first-order chi connectivity index (χ1) is 71.4. The molecule has 0 aliphatic carbocycles. The number of rotatable bonds is 7. The first kappa shape index (κ1) is 73.5. The van der Waals surface area contributed by atoms with Crippen LogP contribution in [-0.2, 0) is 43.3 Å². The average molecular weight is 1850 g/mol. The summed E-state index contributed by atoms with van der Waals surface area (Å²) in [5, 5.41) is 11.3. The molecule has 16 aromatic carbocycles. The minimum Gasteiger partial charge on any atom is -0.309 e. The number of hydrogen-bond donors (Lipinski definition) is 0. The zero-order valence-electron chi connectivity index (χ0n) is 101. The number of hydrogen-bond acceptors (Lipinski definition) is 4. The molecule has 0 N–H and O–H groups in total. The lowest BCUT2D eigenvalue weighted by Crippen LogP contribution is -2.16. The largest absolute Gasteiger partial charge is 0.309 e. The third-order valence-electron chi connectivity index (χ3n) is 25.9. The van der Waals surface area contributed by atoms with Gasteiger partial charge in [0.2, 0.25) is 0 Å². The lowest BCUT2D eigenvalue weighted by atomic mass is 9.78. The predicted molar refractivity (Wildman–Crippen MR) is 603 cm³/mol. The molecular formula is C130H131NS4. The van der Waals surface area contributed by atoms with E-state index in [0.717, 1.165) is 72.7 Å². The van der Waals surface area contributed by atoms with E-state index in [4.69, 9.17) is 24.7 Å². The molecule has 21 rings (SSSR count). The number of thiophene rings is 4. The van der Waals surface area contributed by atoms with Crippen molar-refractivity contribution < 1.29 is 24.7 Å². The molecule has 0 fully saturated rings. The monoisotopic (exact) mass is 1850 g/mol. The van der Waals surface area contributed by atoms with Gasteiger partial charge in [-0.2, -0.15) is 0 Å². The SMILES string of the molecule is CC(C)(C)c1cc(-c2cccc3sc4ccc(-n5c6ccc(C(C)(C)C)cc6c6cc(C(C)(C)C)ccc65)c(C(C)(C)C)c4c23)cc(C(C)(C)C)c1.[2H]c1c([2H])c(C)c([2H])c(-c2cccc3sc4cccc(C(C)(C)C)c4c23)c1[2H].[2H]c1c([2H])c([2H])c(-c2cccc3sc4ccc(-c5c([2H])c([2H])c([2H])c(C)c5[2H])c(C(C)(C)C)c4c23)c([2H])c1[2H].[2H]c1c([2H])c([2H])c(-c2cccc3sc4ccc(-c5ccccc5)c(C(C)(C)C)c4c23)c([2H])c1[2H]. The smallest absolute Gasteiger partial charge is 0.0632 e. The number of nitrogens with zero attached hydrogens (tertiary/aromatic N) is 1. The molecule has 0 aliphatic rings. The van der Waals surface area contributed by atoms with Gasteiger partial charge in [0.1, 0.15) is 0 Å². The van der Waals surface area contributed by atoms with Crippen LogP contribution in [0.15, 0.2) is 321 Å². The molecule has 0 saturated heterocycles.